The molecule has 3 N–H and O–H groups in total. The van der Waals surface area contributed by atoms with Crippen LogP contribution in [-0.2, 0) is 9.84 Å². The Hall–Kier alpha value is -2.74. The van der Waals surface area contributed by atoms with E-state index in [1.165, 1.54) is 0 Å². The minimum absolute atomic E-state index is 0.0225. The number of nitrogens with zero attached hydrogens (tertiary/aromatic N) is 3. The first-order valence-corrected chi connectivity index (χ1v) is 12.5. The number of amidine groups is 1. The van der Waals surface area contributed by atoms with E-state index in [0.29, 0.717) is 11.1 Å². The van der Waals surface area contributed by atoms with Crippen molar-refractivity contribution in [3.05, 3.63) is 48.0 Å². The quantitative estimate of drug-likeness (QED) is 0.203. The molecule has 0 aromatic heterocycles. The van der Waals surface area contributed by atoms with Crippen LogP contribution in [0, 0.1) is 5.53 Å². The predicted molar refractivity (Wildman–Crippen MR) is 128 cm³/mol. The van der Waals surface area contributed by atoms with Gasteiger partial charge in [-0.25, -0.2) is 8.42 Å². The first-order valence-electron chi connectivity index (χ1n) is 10.8. The van der Waals surface area contributed by atoms with E-state index in [2.05, 4.69) is 29.1 Å². The van der Waals surface area contributed by atoms with Crippen molar-refractivity contribution in [1.29, 1.82) is 5.53 Å². The molecule has 0 aliphatic heterocycles. The van der Waals surface area contributed by atoms with Gasteiger partial charge in [0.05, 0.1) is 10.6 Å². The van der Waals surface area contributed by atoms with Crippen molar-refractivity contribution < 1.29 is 8.42 Å². The SMILES string of the molecule is CCCCN(CCCC)c1cc(C(N)=NN=N)cc(S(=O)(=O)CC)c1-c1ccccc1. The smallest absolute Gasteiger partial charge is 0.178 e. The normalized spacial score (nSPS) is 12.0. The van der Waals surface area contributed by atoms with Crippen molar-refractivity contribution in [3.8, 4) is 11.1 Å². The Morgan fingerprint density at radius 3 is 2.16 bits per heavy atom. The molecule has 0 bridgehead atoms. The van der Waals surface area contributed by atoms with Crippen molar-refractivity contribution in [2.45, 2.75) is 51.3 Å². The van der Waals surface area contributed by atoms with Crippen molar-refractivity contribution in [2.75, 3.05) is 23.7 Å². The van der Waals surface area contributed by atoms with Gasteiger partial charge in [0.2, 0.25) is 0 Å². The number of anilines is 1. The zero-order valence-electron chi connectivity index (χ0n) is 18.6. The summed E-state index contributed by atoms with van der Waals surface area (Å²) >= 11 is 0. The second-order valence-electron chi connectivity index (χ2n) is 7.42. The van der Waals surface area contributed by atoms with E-state index in [1.807, 2.05) is 36.4 Å². The molecule has 8 heteroatoms. The third-order valence-corrected chi connectivity index (χ3v) is 6.97. The number of nitrogens with two attached hydrogens (primary N) is 1. The zero-order valence-corrected chi connectivity index (χ0v) is 19.5. The Morgan fingerprint density at radius 1 is 1.03 bits per heavy atom. The van der Waals surface area contributed by atoms with Crippen LogP contribution in [0.3, 0.4) is 0 Å². The highest BCUT2D eigenvalue weighted by Crippen LogP contribution is 2.39. The van der Waals surface area contributed by atoms with Crippen molar-refractivity contribution in [3.63, 3.8) is 0 Å². The minimum Gasteiger partial charge on any atom is -0.382 e. The average molecular weight is 444 g/mol. The molecular formula is C23H33N5O2S. The van der Waals surface area contributed by atoms with Gasteiger partial charge in [-0.3, -0.25) is 0 Å². The second kappa shape index (κ2) is 11.6. The van der Waals surface area contributed by atoms with Crippen LogP contribution < -0.4 is 10.6 Å². The van der Waals surface area contributed by atoms with Gasteiger partial charge in [-0.05, 0) is 30.5 Å². The van der Waals surface area contributed by atoms with Gasteiger partial charge in [0, 0.05) is 29.9 Å². The summed E-state index contributed by atoms with van der Waals surface area (Å²) < 4.78 is 26.3. The summed E-state index contributed by atoms with van der Waals surface area (Å²) in [5, 5.41) is 6.67. The largest absolute Gasteiger partial charge is 0.382 e. The lowest BCUT2D eigenvalue weighted by atomic mass is 9.99. The van der Waals surface area contributed by atoms with E-state index in [-0.39, 0.29) is 16.5 Å². The van der Waals surface area contributed by atoms with Gasteiger partial charge in [0.25, 0.3) is 0 Å². The molecule has 0 radical (unpaired) electrons. The van der Waals surface area contributed by atoms with Gasteiger partial charge in [-0.15, -0.1) is 5.10 Å². The van der Waals surface area contributed by atoms with Crippen molar-refractivity contribution >= 4 is 21.4 Å². The van der Waals surface area contributed by atoms with Gasteiger partial charge < -0.3 is 10.6 Å². The number of hydrogen-bond acceptors (Lipinski definition) is 5. The van der Waals surface area contributed by atoms with Crippen LogP contribution in [0.1, 0.15) is 52.0 Å². The van der Waals surface area contributed by atoms with E-state index in [9.17, 15) is 8.42 Å². The van der Waals surface area contributed by atoms with Gasteiger partial charge in [0.15, 0.2) is 15.7 Å². The lowest BCUT2D eigenvalue weighted by Gasteiger charge is -2.29. The molecule has 0 aliphatic carbocycles. The standard InChI is InChI=1S/C23H33N5O2S/c1-4-7-14-28(15-8-5-2)20-16-19(23(24)26-27-25)17-21(31(29,30)6-3)22(20)18-12-10-9-11-13-18/h9-13,16-17H,4-8,14-15H2,1-3H3,(H3,24,25,26). The molecule has 0 atom stereocenters. The lowest BCUT2D eigenvalue weighted by molar-refractivity contribution is 0.597. The number of unbranched alkanes of at least 4 members (excludes halogenated alkanes) is 2. The van der Waals surface area contributed by atoms with Crippen LogP contribution in [0.15, 0.2) is 57.7 Å². The fourth-order valence-corrected chi connectivity index (χ4v) is 4.61. The molecule has 0 amide bonds. The maximum absolute atomic E-state index is 13.2. The number of sulfone groups is 1. The Balaban J connectivity index is 2.91. The third kappa shape index (κ3) is 6.13. The topological polar surface area (TPSA) is 112 Å². The molecule has 31 heavy (non-hydrogen) atoms. The molecule has 7 nitrogen and oxygen atoms in total. The third-order valence-electron chi connectivity index (χ3n) is 5.22. The van der Waals surface area contributed by atoms with E-state index in [1.54, 1.807) is 13.0 Å². The summed E-state index contributed by atoms with van der Waals surface area (Å²) in [7, 11) is -3.56. The molecule has 168 valence electrons. The van der Waals surface area contributed by atoms with Gasteiger partial charge in [-0.2, -0.15) is 5.53 Å². The molecule has 0 aliphatic rings. The first kappa shape index (κ1) is 24.5. The van der Waals surface area contributed by atoms with E-state index < -0.39 is 9.84 Å². The summed E-state index contributed by atoms with van der Waals surface area (Å²) in [5.41, 5.74) is 15.9. The van der Waals surface area contributed by atoms with E-state index in [0.717, 1.165) is 50.0 Å². The molecule has 2 aromatic carbocycles. The van der Waals surface area contributed by atoms with Crippen LogP contribution in [0.4, 0.5) is 5.69 Å². The molecule has 0 heterocycles. The van der Waals surface area contributed by atoms with Crippen LogP contribution in [0.5, 0.6) is 0 Å². The molecule has 0 fully saturated rings. The van der Waals surface area contributed by atoms with Gasteiger partial charge in [0.1, 0.15) is 0 Å². The summed E-state index contributed by atoms with van der Waals surface area (Å²) in [6.07, 6.45) is 4.04. The average Bonchev–Trinajstić information content (AvgIpc) is 2.79. The number of rotatable bonds is 12. The predicted octanol–water partition coefficient (Wildman–Crippen LogP) is 5.21. The maximum Gasteiger partial charge on any atom is 0.178 e. The Kier molecular flexibility index (Phi) is 9.18. The molecule has 0 saturated heterocycles. The molecule has 0 spiro atoms. The number of benzene rings is 2. The van der Waals surface area contributed by atoms with Crippen LogP contribution in [-0.4, -0.2) is 33.1 Å². The first-order chi connectivity index (χ1) is 14.9. The fourth-order valence-electron chi connectivity index (χ4n) is 3.46. The molecule has 2 rings (SSSR count). The number of nitrogens with one attached hydrogen (secondary N) is 1. The van der Waals surface area contributed by atoms with E-state index in [4.69, 9.17) is 11.3 Å². The number of hydrogen-bond donors (Lipinski definition) is 2. The highest BCUT2D eigenvalue weighted by atomic mass is 32.2. The van der Waals surface area contributed by atoms with E-state index >= 15 is 0 Å². The summed E-state index contributed by atoms with van der Waals surface area (Å²) in [6.45, 7) is 7.54. The Morgan fingerprint density at radius 2 is 1.65 bits per heavy atom. The van der Waals surface area contributed by atoms with Crippen molar-refractivity contribution in [1.82, 2.24) is 0 Å². The van der Waals surface area contributed by atoms with Gasteiger partial charge in [-0.1, -0.05) is 69.2 Å². The monoisotopic (exact) mass is 443 g/mol. The minimum atomic E-state index is -3.56. The highest BCUT2D eigenvalue weighted by Gasteiger charge is 2.25. The summed E-state index contributed by atoms with van der Waals surface area (Å²) in [5.74, 6) is -0.00572. The lowest BCUT2D eigenvalue weighted by Crippen LogP contribution is -2.27. The molecule has 0 unspecified atom stereocenters. The van der Waals surface area contributed by atoms with Crippen LogP contribution in [0.2, 0.25) is 0 Å². The molecule has 0 saturated carbocycles. The van der Waals surface area contributed by atoms with Gasteiger partial charge >= 0.3 is 0 Å². The van der Waals surface area contributed by atoms with Crippen LogP contribution >= 0.6 is 0 Å². The maximum atomic E-state index is 13.2. The second-order valence-corrected chi connectivity index (χ2v) is 9.66. The van der Waals surface area contributed by atoms with Crippen molar-refractivity contribution in [2.24, 2.45) is 16.1 Å². The Labute approximate surface area is 185 Å². The fraction of sp³-hybridized carbons (Fsp3) is 0.435. The summed E-state index contributed by atoms with van der Waals surface area (Å²) in [4.78, 5) is 2.48. The Bertz CT molecular complexity index is 996. The van der Waals surface area contributed by atoms with Crippen LogP contribution in [0.25, 0.3) is 11.1 Å². The molecular weight excluding hydrogens is 410 g/mol. The summed E-state index contributed by atoms with van der Waals surface area (Å²) in [6, 6.07) is 13.0. The highest BCUT2D eigenvalue weighted by molar-refractivity contribution is 7.91. The zero-order chi connectivity index (χ0) is 22.9. The molecule has 2 aromatic rings.